The van der Waals surface area contributed by atoms with Crippen LogP contribution in [0.15, 0.2) is 39.0 Å². The van der Waals surface area contributed by atoms with Crippen molar-refractivity contribution in [1.29, 1.82) is 0 Å². The van der Waals surface area contributed by atoms with Gasteiger partial charge in [0.15, 0.2) is 0 Å². The van der Waals surface area contributed by atoms with Crippen LogP contribution in [0.1, 0.15) is 12.8 Å². The van der Waals surface area contributed by atoms with Gasteiger partial charge in [0.2, 0.25) is 5.91 Å². The van der Waals surface area contributed by atoms with Gasteiger partial charge in [0.1, 0.15) is 20.2 Å². The zero-order chi connectivity index (χ0) is 22.5. The first-order chi connectivity index (χ1) is 14.0. The summed E-state index contributed by atoms with van der Waals surface area (Å²) >= 11 is 0.245. The van der Waals surface area contributed by atoms with Gasteiger partial charge in [-0.15, -0.1) is 0 Å². The molecule has 0 heterocycles. The minimum Gasteiger partial charge on any atom is -0.744 e. The van der Waals surface area contributed by atoms with Gasteiger partial charge in [0.05, 0.1) is 27.5 Å². The van der Waals surface area contributed by atoms with E-state index in [4.69, 9.17) is 4.74 Å². The van der Waals surface area contributed by atoms with E-state index in [0.29, 0.717) is 6.42 Å². The molecular weight excluding hydrogens is 535 g/mol. The second-order valence-electron chi connectivity index (χ2n) is 5.76. The summed E-state index contributed by atoms with van der Waals surface area (Å²) in [6, 6.07) is 3.58. The summed E-state index contributed by atoms with van der Waals surface area (Å²) < 4.78 is 78.8. The number of benzene rings is 2. The third-order valence-electron chi connectivity index (χ3n) is 3.70. The smallest absolute Gasteiger partial charge is 0.744 e. The molecule has 2 rings (SSSR count). The van der Waals surface area contributed by atoms with E-state index in [1.807, 2.05) is 0 Å². The van der Waals surface area contributed by atoms with Gasteiger partial charge in [-0.2, -0.15) is 4.33 Å². The van der Waals surface area contributed by atoms with Crippen molar-refractivity contribution >= 4 is 54.6 Å². The molecule has 12 nitrogen and oxygen atoms in total. The Kier molecular flexibility index (Phi) is 17.7. The number of carbonyl (C=O) groups is 1. The molecule has 2 aromatic rings. The fraction of sp³-hybridized carbons (Fsp3) is 0.267. The van der Waals surface area contributed by atoms with Gasteiger partial charge in [0, 0.05) is 30.4 Å². The topological polar surface area (TPSA) is 194 Å². The van der Waals surface area contributed by atoms with Crippen molar-refractivity contribution < 1.29 is 139 Å². The number of hydrogen-bond donors (Lipinski definition) is 1. The second kappa shape index (κ2) is 16.1. The molecule has 0 bridgehead atoms. The number of fused-ring (bicyclic) bond motifs is 1. The van der Waals surface area contributed by atoms with E-state index in [2.05, 4.69) is 14.7 Å². The van der Waals surface area contributed by atoms with Gasteiger partial charge in [-0.3, -0.25) is 9.83 Å². The van der Waals surface area contributed by atoms with Crippen LogP contribution in [0.2, 0.25) is 0 Å². The van der Waals surface area contributed by atoms with Gasteiger partial charge in [0.25, 0.3) is 0 Å². The fourth-order valence-electron chi connectivity index (χ4n) is 2.55. The van der Waals surface area contributed by atoms with Crippen molar-refractivity contribution in [1.82, 2.24) is 0 Å². The van der Waals surface area contributed by atoms with Crippen molar-refractivity contribution in [3.8, 4) is 0 Å². The molecule has 33 heavy (non-hydrogen) atoms. The van der Waals surface area contributed by atoms with Gasteiger partial charge >= 0.3 is 88.7 Å². The zero-order valence-corrected chi connectivity index (χ0v) is 26.6. The number of rotatable bonds is 10. The van der Waals surface area contributed by atoms with Gasteiger partial charge in [-0.05, 0) is 36.1 Å². The Bertz CT molecular complexity index is 1160. The van der Waals surface area contributed by atoms with Gasteiger partial charge in [-0.1, -0.05) is 0 Å². The molecule has 0 radical (unpaired) electrons. The molecule has 18 heteroatoms. The molecule has 1 N–H and O–H groups in total. The molecule has 0 aliphatic rings. The first-order valence-corrected chi connectivity index (χ1v) is 11.5. The predicted octanol–water partition coefficient (Wildman–Crippen LogP) is -8.74. The Morgan fingerprint density at radius 3 is 2.18 bits per heavy atom. The van der Waals surface area contributed by atoms with Crippen LogP contribution >= 0.6 is 12.0 Å². The van der Waals surface area contributed by atoms with E-state index in [-0.39, 0.29) is 135 Å². The normalized spacial score (nSPS) is 11.2. The van der Waals surface area contributed by atoms with Crippen LogP contribution in [-0.4, -0.2) is 45.6 Å². The van der Waals surface area contributed by atoms with Crippen molar-refractivity contribution in [2.24, 2.45) is 0 Å². The Morgan fingerprint density at radius 2 is 1.67 bits per heavy atom. The summed E-state index contributed by atoms with van der Waals surface area (Å²) in [5, 5.41) is 15.0. The first-order valence-electron chi connectivity index (χ1n) is 7.93. The standard InChI is InChI=1S/C15H17NO11S3.3Na/c1-25-4-2-3-14(17)16-12-8-11(29(19,20)21)6-9-5-10(28-27-26-18)7-13(15(9)12)30(22,23)24;;;/h5-8,18H,2-4H2,1H3,(H,16,17)(H,19,20,21)(H,22,23,24);;;/q;3*+1/p-3. The van der Waals surface area contributed by atoms with Crippen LogP contribution in [0.3, 0.4) is 0 Å². The molecule has 166 valence electrons. The average molecular weight is 549 g/mol. The molecule has 0 spiro atoms. The SMILES string of the molecule is COCCCC(=O)Nc1cc(S(=O)(=O)[O-])cc2cc(SOO[O-])cc(S(=O)(=O)[O-])c12.[Na+].[Na+].[Na+]. The fourth-order valence-corrected chi connectivity index (χ4v) is 4.36. The maximum Gasteiger partial charge on any atom is 1.00 e. The molecule has 0 aliphatic heterocycles. The molecule has 0 saturated heterocycles. The van der Waals surface area contributed by atoms with Gasteiger partial charge < -0.3 is 24.4 Å². The Hall–Kier alpha value is 1.18. The molecule has 0 saturated carbocycles. The molecule has 0 aromatic heterocycles. The zero-order valence-electron chi connectivity index (χ0n) is 18.1. The van der Waals surface area contributed by atoms with Crippen molar-refractivity contribution in [2.45, 2.75) is 27.5 Å². The molecule has 0 aliphatic carbocycles. The van der Waals surface area contributed by atoms with E-state index in [9.17, 15) is 36.0 Å². The largest absolute Gasteiger partial charge is 1.00 e. The quantitative estimate of drug-likeness (QED) is 0.0735. The number of nitrogens with one attached hydrogen (secondary N) is 1. The Labute approximate surface area is 260 Å². The third-order valence-corrected chi connectivity index (χ3v) is 5.93. The molecule has 0 fully saturated rings. The summed E-state index contributed by atoms with van der Waals surface area (Å²) in [6.07, 6.45) is 0.242. The summed E-state index contributed by atoms with van der Waals surface area (Å²) in [5.41, 5.74) is -0.365. The number of methoxy groups -OCH3 is 1. The third kappa shape index (κ3) is 11.0. The number of hydrogen-bond acceptors (Lipinski definition) is 12. The molecule has 1 amide bonds. The minimum atomic E-state index is -5.14. The second-order valence-corrected chi connectivity index (χ2v) is 9.26. The maximum absolute atomic E-state index is 12.2. The van der Waals surface area contributed by atoms with Crippen LogP contribution < -0.4 is 99.2 Å². The van der Waals surface area contributed by atoms with Crippen LogP contribution in [0, 0.1) is 0 Å². The minimum absolute atomic E-state index is 0. The monoisotopic (exact) mass is 549 g/mol. The Balaban J connectivity index is 0. The number of ether oxygens (including phenoxy) is 1. The first kappa shape index (κ1) is 36.3. The van der Waals surface area contributed by atoms with Crippen molar-refractivity contribution in [2.75, 3.05) is 19.0 Å². The predicted molar refractivity (Wildman–Crippen MR) is 97.6 cm³/mol. The number of anilines is 1. The molecule has 0 unspecified atom stereocenters. The van der Waals surface area contributed by atoms with Gasteiger partial charge in [-0.25, -0.2) is 16.8 Å². The van der Waals surface area contributed by atoms with Crippen molar-refractivity contribution in [3.63, 3.8) is 0 Å². The molecule has 2 aromatic carbocycles. The van der Waals surface area contributed by atoms with Crippen LogP contribution in [0.25, 0.3) is 10.8 Å². The average Bonchev–Trinajstić information content (AvgIpc) is 2.64. The number of carbonyl (C=O) groups excluding carboxylic acids is 1. The van der Waals surface area contributed by atoms with E-state index in [1.54, 1.807) is 0 Å². The summed E-state index contributed by atoms with van der Waals surface area (Å²) in [5.74, 6) is -0.635. The van der Waals surface area contributed by atoms with Crippen LogP contribution in [0.5, 0.6) is 0 Å². The number of amides is 1. The van der Waals surface area contributed by atoms with E-state index in [1.165, 1.54) is 7.11 Å². The Morgan fingerprint density at radius 1 is 1.03 bits per heavy atom. The molecule has 0 atom stereocenters. The van der Waals surface area contributed by atoms with Crippen LogP contribution in [-0.2, 0) is 39.1 Å². The van der Waals surface area contributed by atoms with E-state index >= 15 is 0 Å². The summed E-state index contributed by atoms with van der Waals surface area (Å²) in [6.45, 7) is 0.256. The maximum atomic E-state index is 12.2. The van der Waals surface area contributed by atoms with Crippen LogP contribution in [0.4, 0.5) is 5.69 Å². The summed E-state index contributed by atoms with van der Waals surface area (Å²) in [7, 11) is -8.73. The van der Waals surface area contributed by atoms with E-state index in [0.717, 1.165) is 24.3 Å². The van der Waals surface area contributed by atoms with Crippen molar-refractivity contribution in [3.05, 3.63) is 24.3 Å². The summed E-state index contributed by atoms with van der Waals surface area (Å²) in [4.78, 5) is 10.4. The molecular formula is C15H14NNa3O11S3. The van der Waals surface area contributed by atoms with E-state index < -0.39 is 35.9 Å².